The fourth-order valence-electron chi connectivity index (χ4n) is 1.62. The second kappa shape index (κ2) is 6.54. The molecule has 0 spiro atoms. The molecule has 2 aromatic rings. The number of nitrogens with one attached hydrogen (secondary N) is 1. The molecule has 1 heterocycles. The fourth-order valence-corrected chi connectivity index (χ4v) is 1.89. The van der Waals surface area contributed by atoms with Gasteiger partial charge in [0.05, 0.1) is 16.1 Å². The van der Waals surface area contributed by atoms with Crippen molar-refractivity contribution in [3.05, 3.63) is 61.0 Å². The molecular weight excluding hydrogens is 335 g/mol. The Bertz CT molecular complexity index is 806. The maximum Gasteiger partial charge on any atom is 0.292 e. The van der Waals surface area contributed by atoms with E-state index < -0.39 is 22.9 Å². The molecule has 0 unspecified atom stereocenters. The Labute approximate surface area is 133 Å². The standard InChI is InChI=1S/C12H8Cl2N4O4/c13-7-5-15-17(12(20)11(7)14)6-10(19)16-8-3-1-2-4-9(8)18(21)22/h1-5H,6H2,(H,16,19). The number of amides is 1. The molecule has 1 amide bonds. The number of aromatic nitrogens is 2. The zero-order valence-corrected chi connectivity index (χ0v) is 12.3. The van der Waals surface area contributed by atoms with Gasteiger partial charge in [-0.3, -0.25) is 19.7 Å². The molecular formula is C12H8Cl2N4O4. The van der Waals surface area contributed by atoms with Gasteiger partial charge in [-0.25, -0.2) is 4.68 Å². The summed E-state index contributed by atoms with van der Waals surface area (Å²) < 4.78 is 0.804. The summed E-state index contributed by atoms with van der Waals surface area (Å²) in [7, 11) is 0. The molecule has 1 N–H and O–H groups in total. The van der Waals surface area contributed by atoms with E-state index in [1.165, 1.54) is 24.3 Å². The number of anilines is 1. The number of hydrogen-bond donors (Lipinski definition) is 1. The predicted octanol–water partition coefficient (Wildman–Crippen LogP) is 2.10. The lowest BCUT2D eigenvalue weighted by Crippen LogP contribution is -2.30. The van der Waals surface area contributed by atoms with Crippen molar-refractivity contribution in [1.29, 1.82) is 0 Å². The van der Waals surface area contributed by atoms with Gasteiger partial charge in [0.15, 0.2) is 0 Å². The van der Waals surface area contributed by atoms with E-state index in [1.807, 2.05) is 0 Å². The van der Waals surface area contributed by atoms with Crippen molar-refractivity contribution in [2.24, 2.45) is 0 Å². The second-order valence-corrected chi connectivity index (χ2v) is 4.88. The number of nitrogens with zero attached hydrogens (tertiary/aromatic N) is 3. The molecule has 0 aliphatic rings. The van der Waals surface area contributed by atoms with E-state index in [-0.39, 0.29) is 21.4 Å². The van der Waals surface area contributed by atoms with Gasteiger partial charge in [0.1, 0.15) is 17.3 Å². The van der Waals surface area contributed by atoms with Crippen LogP contribution in [-0.2, 0) is 11.3 Å². The second-order valence-electron chi connectivity index (χ2n) is 4.09. The molecule has 0 atom stereocenters. The van der Waals surface area contributed by atoms with E-state index in [1.54, 1.807) is 0 Å². The van der Waals surface area contributed by atoms with Gasteiger partial charge in [-0.2, -0.15) is 5.10 Å². The largest absolute Gasteiger partial charge is 0.319 e. The first-order valence-corrected chi connectivity index (χ1v) is 6.60. The minimum Gasteiger partial charge on any atom is -0.319 e. The summed E-state index contributed by atoms with van der Waals surface area (Å²) in [6.07, 6.45) is 1.13. The van der Waals surface area contributed by atoms with Crippen LogP contribution in [0.25, 0.3) is 0 Å². The minimum absolute atomic E-state index is 0.0191. The van der Waals surface area contributed by atoms with Crippen LogP contribution >= 0.6 is 23.2 Å². The molecule has 0 radical (unpaired) electrons. The van der Waals surface area contributed by atoms with Gasteiger partial charge in [0.2, 0.25) is 5.91 Å². The van der Waals surface area contributed by atoms with Crippen LogP contribution in [0.5, 0.6) is 0 Å². The van der Waals surface area contributed by atoms with Gasteiger partial charge < -0.3 is 5.32 Å². The first-order valence-electron chi connectivity index (χ1n) is 5.84. The number of halogens is 2. The molecule has 114 valence electrons. The number of carbonyl (C=O) groups is 1. The first kappa shape index (κ1) is 15.9. The Morgan fingerprint density at radius 2 is 2.05 bits per heavy atom. The lowest BCUT2D eigenvalue weighted by atomic mass is 10.2. The quantitative estimate of drug-likeness (QED) is 0.676. The van der Waals surface area contributed by atoms with Crippen LogP contribution in [0.1, 0.15) is 0 Å². The van der Waals surface area contributed by atoms with Crippen molar-refractivity contribution < 1.29 is 9.72 Å². The highest BCUT2D eigenvalue weighted by atomic mass is 35.5. The van der Waals surface area contributed by atoms with Crippen LogP contribution in [0.4, 0.5) is 11.4 Å². The number of benzene rings is 1. The van der Waals surface area contributed by atoms with Gasteiger partial charge in [-0.15, -0.1) is 0 Å². The van der Waals surface area contributed by atoms with E-state index in [9.17, 15) is 19.7 Å². The molecule has 0 aliphatic carbocycles. The molecule has 10 heteroatoms. The van der Waals surface area contributed by atoms with Gasteiger partial charge in [-0.05, 0) is 6.07 Å². The monoisotopic (exact) mass is 342 g/mol. The minimum atomic E-state index is -0.730. The maximum absolute atomic E-state index is 11.9. The number of nitro groups is 1. The zero-order chi connectivity index (χ0) is 16.3. The summed E-state index contributed by atoms with van der Waals surface area (Å²) in [5, 5.41) is 16.6. The molecule has 8 nitrogen and oxygen atoms in total. The van der Waals surface area contributed by atoms with E-state index in [0.717, 1.165) is 10.9 Å². The Kier molecular flexibility index (Phi) is 4.74. The number of nitro benzene ring substituents is 1. The molecule has 0 fully saturated rings. The highest BCUT2D eigenvalue weighted by molar-refractivity contribution is 6.41. The average molecular weight is 343 g/mol. The molecule has 1 aromatic carbocycles. The fraction of sp³-hybridized carbons (Fsp3) is 0.0833. The van der Waals surface area contributed by atoms with Gasteiger partial charge >= 0.3 is 0 Å². The molecule has 2 rings (SSSR count). The van der Waals surface area contributed by atoms with E-state index in [4.69, 9.17) is 23.2 Å². The molecule has 0 saturated heterocycles. The molecule has 0 saturated carbocycles. The topological polar surface area (TPSA) is 107 Å². The zero-order valence-electron chi connectivity index (χ0n) is 10.8. The van der Waals surface area contributed by atoms with E-state index in [2.05, 4.69) is 10.4 Å². The van der Waals surface area contributed by atoms with Gasteiger partial charge in [0, 0.05) is 6.07 Å². The maximum atomic E-state index is 11.9. The average Bonchev–Trinajstić information content (AvgIpc) is 2.48. The van der Waals surface area contributed by atoms with Crippen molar-refractivity contribution >= 4 is 40.5 Å². The smallest absolute Gasteiger partial charge is 0.292 e. The molecule has 0 aliphatic heterocycles. The van der Waals surface area contributed by atoms with E-state index >= 15 is 0 Å². The van der Waals surface area contributed by atoms with Crippen LogP contribution < -0.4 is 10.9 Å². The highest BCUT2D eigenvalue weighted by Gasteiger charge is 2.16. The summed E-state index contributed by atoms with van der Waals surface area (Å²) in [4.78, 5) is 33.9. The Balaban J connectivity index is 2.20. The van der Waals surface area contributed by atoms with Crippen molar-refractivity contribution in [2.75, 3.05) is 5.32 Å². The van der Waals surface area contributed by atoms with E-state index in [0.29, 0.717) is 0 Å². The number of para-hydroxylation sites is 2. The van der Waals surface area contributed by atoms with Crippen LogP contribution in [0.3, 0.4) is 0 Å². The summed E-state index contributed by atoms with van der Waals surface area (Å²) in [6.45, 7) is -0.457. The normalized spacial score (nSPS) is 10.3. The lowest BCUT2D eigenvalue weighted by Gasteiger charge is -2.07. The first-order chi connectivity index (χ1) is 10.4. The van der Waals surface area contributed by atoms with Crippen molar-refractivity contribution in [3.63, 3.8) is 0 Å². The van der Waals surface area contributed by atoms with Crippen LogP contribution in [0.2, 0.25) is 10.0 Å². The molecule has 0 bridgehead atoms. The third-order valence-corrected chi connectivity index (χ3v) is 3.36. The predicted molar refractivity (Wildman–Crippen MR) is 80.2 cm³/mol. The van der Waals surface area contributed by atoms with Crippen LogP contribution in [-0.4, -0.2) is 20.6 Å². The third kappa shape index (κ3) is 3.41. The molecule has 1 aromatic heterocycles. The van der Waals surface area contributed by atoms with Crippen molar-refractivity contribution in [2.45, 2.75) is 6.54 Å². The van der Waals surface area contributed by atoms with Gasteiger partial charge in [-0.1, -0.05) is 35.3 Å². The van der Waals surface area contributed by atoms with Crippen molar-refractivity contribution in [3.8, 4) is 0 Å². The van der Waals surface area contributed by atoms with Gasteiger partial charge in [0.25, 0.3) is 11.2 Å². The number of hydrogen-bond acceptors (Lipinski definition) is 5. The van der Waals surface area contributed by atoms with Crippen LogP contribution in [0.15, 0.2) is 35.3 Å². The summed E-state index contributed by atoms with van der Waals surface area (Å²) in [5.41, 5.74) is -0.970. The summed E-state index contributed by atoms with van der Waals surface area (Å²) in [6, 6.07) is 5.63. The summed E-state index contributed by atoms with van der Waals surface area (Å²) in [5.74, 6) is -0.665. The third-order valence-electron chi connectivity index (χ3n) is 2.61. The Morgan fingerprint density at radius 3 is 2.73 bits per heavy atom. The summed E-state index contributed by atoms with van der Waals surface area (Å²) >= 11 is 11.3. The SMILES string of the molecule is O=C(Cn1ncc(Cl)c(Cl)c1=O)Nc1ccccc1[N+](=O)[O-]. The Morgan fingerprint density at radius 1 is 1.36 bits per heavy atom. The number of rotatable bonds is 4. The molecule has 22 heavy (non-hydrogen) atoms. The highest BCUT2D eigenvalue weighted by Crippen LogP contribution is 2.23. The Hall–Kier alpha value is -2.45. The number of carbonyl (C=O) groups excluding carboxylic acids is 1. The van der Waals surface area contributed by atoms with Crippen LogP contribution in [0, 0.1) is 10.1 Å². The van der Waals surface area contributed by atoms with Crippen molar-refractivity contribution in [1.82, 2.24) is 9.78 Å². The lowest BCUT2D eigenvalue weighted by molar-refractivity contribution is -0.383.